The Bertz CT molecular complexity index is 732. The normalized spacial score (nSPS) is 11.7. The summed E-state index contributed by atoms with van der Waals surface area (Å²) in [5.41, 5.74) is 6.35. The van der Waals surface area contributed by atoms with Crippen LogP contribution in [0.25, 0.3) is 11.4 Å². The third-order valence-corrected chi connectivity index (χ3v) is 2.96. The molecule has 1 aromatic carbocycles. The van der Waals surface area contributed by atoms with Gasteiger partial charge in [-0.25, -0.2) is 9.97 Å². The van der Waals surface area contributed by atoms with Crippen molar-refractivity contribution < 1.29 is 9.72 Å². The first kappa shape index (κ1) is 15.4. The molecular formula is C14H15N5O3. The van der Waals surface area contributed by atoms with Crippen LogP contribution in [0.2, 0.25) is 0 Å². The molecule has 0 spiro atoms. The van der Waals surface area contributed by atoms with Gasteiger partial charge in [0.2, 0.25) is 5.91 Å². The number of nitro groups is 1. The Hall–Kier alpha value is -3.03. The Morgan fingerprint density at radius 2 is 2.09 bits per heavy atom. The number of amides is 1. The van der Waals surface area contributed by atoms with E-state index in [9.17, 15) is 14.9 Å². The van der Waals surface area contributed by atoms with Crippen LogP contribution in [-0.4, -0.2) is 26.8 Å². The minimum absolute atomic E-state index is 0.0392. The zero-order valence-electron chi connectivity index (χ0n) is 12.1. The van der Waals surface area contributed by atoms with E-state index in [-0.39, 0.29) is 5.69 Å². The number of nitrogens with two attached hydrogens (primary N) is 1. The van der Waals surface area contributed by atoms with E-state index in [1.807, 2.05) is 0 Å². The van der Waals surface area contributed by atoms with Gasteiger partial charge < -0.3 is 11.1 Å². The van der Waals surface area contributed by atoms with Crippen LogP contribution in [0, 0.1) is 17.0 Å². The lowest BCUT2D eigenvalue weighted by Gasteiger charge is -2.12. The average Bonchev–Trinajstić information content (AvgIpc) is 2.46. The SMILES string of the molecule is Cc1cc(NC(C)C(N)=O)nc(-c2cccc([N+](=O)[O-])c2)n1. The van der Waals surface area contributed by atoms with Crippen molar-refractivity contribution in [3.63, 3.8) is 0 Å². The summed E-state index contributed by atoms with van der Waals surface area (Å²) in [6.07, 6.45) is 0. The van der Waals surface area contributed by atoms with Gasteiger partial charge in [0.25, 0.3) is 5.69 Å². The standard InChI is InChI=1S/C14H15N5O3/c1-8-6-12(17-9(2)13(15)20)18-14(16-8)10-4-3-5-11(7-10)19(21)22/h3-7,9H,1-2H3,(H2,15,20)(H,16,17,18). The first-order chi connectivity index (χ1) is 10.4. The highest BCUT2D eigenvalue weighted by atomic mass is 16.6. The van der Waals surface area contributed by atoms with Crippen LogP contribution in [0.15, 0.2) is 30.3 Å². The number of nitrogens with one attached hydrogen (secondary N) is 1. The average molecular weight is 301 g/mol. The molecule has 0 saturated carbocycles. The van der Waals surface area contributed by atoms with Gasteiger partial charge in [-0.15, -0.1) is 0 Å². The second-order valence-corrected chi connectivity index (χ2v) is 4.79. The third-order valence-electron chi connectivity index (χ3n) is 2.96. The molecule has 114 valence electrons. The molecule has 1 atom stereocenters. The molecule has 0 aliphatic carbocycles. The predicted molar refractivity (Wildman–Crippen MR) is 81.1 cm³/mol. The fourth-order valence-corrected chi connectivity index (χ4v) is 1.82. The van der Waals surface area contributed by atoms with Gasteiger partial charge in [0.1, 0.15) is 11.9 Å². The lowest BCUT2D eigenvalue weighted by Crippen LogP contribution is -2.32. The van der Waals surface area contributed by atoms with Crippen molar-refractivity contribution in [2.45, 2.75) is 19.9 Å². The second kappa shape index (κ2) is 6.17. The molecule has 2 rings (SSSR count). The van der Waals surface area contributed by atoms with Crippen LogP contribution in [-0.2, 0) is 4.79 Å². The molecular weight excluding hydrogens is 286 g/mol. The van der Waals surface area contributed by atoms with Crippen molar-refractivity contribution in [2.75, 3.05) is 5.32 Å². The van der Waals surface area contributed by atoms with Crippen molar-refractivity contribution >= 4 is 17.4 Å². The van der Waals surface area contributed by atoms with Crippen LogP contribution in [0.3, 0.4) is 0 Å². The molecule has 0 bridgehead atoms. The van der Waals surface area contributed by atoms with Gasteiger partial charge in [-0.05, 0) is 13.8 Å². The summed E-state index contributed by atoms with van der Waals surface area (Å²) in [4.78, 5) is 30.0. The summed E-state index contributed by atoms with van der Waals surface area (Å²) in [5, 5.41) is 13.7. The summed E-state index contributed by atoms with van der Waals surface area (Å²) in [7, 11) is 0. The number of nitro benzene ring substituents is 1. The number of hydrogen-bond acceptors (Lipinski definition) is 6. The number of carbonyl (C=O) groups excluding carboxylic acids is 1. The van der Waals surface area contributed by atoms with Crippen LogP contribution < -0.4 is 11.1 Å². The highest BCUT2D eigenvalue weighted by Crippen LogP contribution is 2.22. The topological polar surface area (TPSA) is 124 Å². The number of primary amides is 1. The Morgan fingerprint density at radius 1 is 1.36 bits per heavy atom. The lowest BCUT2D eigenvalue weighted by atomic mass is 10.2. The highest BCUT2D eigenvalue weighted by molar-refractivity contribution is 5.82. The summed E-state index contributed by atoms with van der Waals surface area (Å²) < 4.78 is 0. The van der Waals surface area contributed by atoms with E-state index in [1.54, 1.807) is 32.0 Å². The smallest absolute Gasteiger partial charge is 0.270 e. The Labute approximate surface area is 126 Å². The molecule has 8 nitrogen and oxygen atoms in total. The molecule has 0 saturated heterocycles. The summed E-state index contributed by atoms with van der Waals surface area (Å²) in [5.74, 6) is 0.261. The zero-order chi connectivity index (χ0) is 16.3. The third kappa shape index (κ3) is 3.54. The van der Waals surface area contributed by atoms with E-state index in [0.717, 1.165) is 0 Å². The number of non-ortho nitro benzene ring substituents is 1. The Balaban J connectivity index is 2.39. The van der Waals surface area contributed by atoms with Crippen LogP contribution in [0.5, 0.6) is 0 Å². The first-order valence-corrected chi connectivity index (χ1v) is 6.53. The van der Waals surface area contributed by atoms with Crippen molar-refractivity contribution in [3.05, 3.63) is 46.1 Å². The summed E-state index contributed by atoms with van der Waals surface area (Å²) in [6, 6.07) is 7.12. The number of hydrogen-bond donors (Lipinski definition) is 2. The Morgan fingerprint density at radius 3 is 2.73 bits per heavy atom. The highest BCUT2D eigenvalue weighted by Gasteiger charge is 2.13. The van der Waals surface area contributed by atoms with E-state index in [2.05, 4.69) is 15.3 Å². The largest absolute Gasteiger partial charge is 0.368 e. The zero-order valence-corrected chi connectivity index (χ0v) is 12.1. The maximum absolute atomic E-state index is 11.1. The van der Waals surface area contributed by atoms with Gasteiger partial charge in [-0.1, -0.05) is 12.1 Å². The number of aryl methyl sites for hydroxylation is 1. The van der Waals surface area contributed by atoms with Crippen molar-refractivity contribution in [1.82, 2.24) is 9.97 Å². The molecule has 2 aromatic rings. The number of nitrogens with zero attached hydrogens (tertiary/aromatic N) is 3. The number of carbonyl (C=O) groups is 1. The number of benzene rings is 1. The summed E-state index contributed by atoms with van der Waals surface area (Å²) in [6.45, 7) is 3.38. The molecule has 0 aliphatic heterocycles. The van der Waals surface area contributed by atoms with Gasteiger partial charge >= 0.3 is 0 Å². The molecule has 0 radical (unpaired) electrons. The van der Waals surface area contributed by atoms with E-state index in [0.29, 0.717) is 22.9 Å². The number of aromatic nitrogens is 2. The molecule has 1 heterocycles. The summed E-state index contributed by atoms with van der Waals surface area (Å²) >= 11 is 0. The number of anilines is 1. The minimum atomic E-state index is -0.591. The molecule has 22 heavy (non-hydrogen) atoms. The predicted octanol–water partition coefficient (Wildman–Crippen LogP) is 1.65. The van der Waals surface area contributed by atoms with Crippen LogP contribution in [0.1, 0.15) is 12.6 Å². The van der Waals surface area contributed by atoms with E-state index >= 15 is 0 Å². The van der Waals surface area contributed by atoms with Gasteiger partial charge in [0.05, 0.1) is 4.92 Å². The van der Waals surface area contributed by atoms with Gasteiger partial charge in [-0.2, -0.15) is 0 Å². The van der Waals surface area contributed by atoms with E-state index < -0.39 is 16.9 Å². The molecule has 1 amide bonds. The minimum Gasteiger partial charge on any atom is -0.368 e. The quantitative estimate of drug-likeness (QED) is 0.639. The van der Waals surface area contributed by atoms with Crippen LogP contribution >= 0.6 is 0 Å². The second-order valence-electron chi connectivity index (χ2n) is 4.79. The molecule has 0 fully saturated rings. The monoisotopic (exact) mass is 301 g/mol. The lowest BCUT2D eigenvalue weighted by molar-refractivity contribution is -0.384. The van der Waals surface area contributed by atoms with Crippen molar-refractivity contribution in [3.8, 4) is 11.4 Å². The van der Waals surface area contributed by atoms with Crippen molar-refractivity contribution in [2.24, 2.45) is 5.73 Å². The molecule has 8 heteroatoms. The van der Waals surface area contributed by atoms with Crippen LogP contribution in [0.4, 0.5) is 11.5 Å². The fraction of sp³-hybridized carbons (Fsp3) is 0.214. The molecule has 1 aromatic heterocycles. The first-order valence-electron chi connectivity index (χ1n) is 6.53. The van der Waals surface area contributed by atoms with Gasteiger partial charge in [0, 0.05) is 29.5 Å². The van der Waals surface area contributed by atoms with Gasteiger partial charge in [0.15, 0.2) is 5.82 Å². The van der Waals surface area contributed by atoms with E-state index in [1.165, 1.54) is 12.1 Å². The maximum atomic E-state index is 11.1. The molecule has 1 unspecified atom stereocenters. The fourth-order valence-electron chi connectivity index (χ4n) is 1.82. The number of rotatable bonds is 5. The van der Waals surface area contributed by atoms with E-state index in [4.69, 9.17) is 5.73 Å². The molecule has 0 aliphatic rings. The maximum Gasteiger partial charge on any atom is 0.270 e. The Kier molecular flexibility index (Phi) is 4.31. The van der Waals surface area contributed by atoms with Gasteiger partial charge in [-0.3, -0.25) is 14.9 Å². The van der Waals surface area contributed by atoms with Crippen molar-refractivity contribution in [1.29, 1.82) is 0 Å². The molecule has 3 N–H and O–H groups in total.